The summed E-state index contributed by atoms with van der Waals surface area (Å²) < 4.78 is 2.39. The van der Waals surface area contributed by atoms with Gasteiger partial charge in [0.15, 0.2) is 0 Å². The normalized spacial score (nSPS) is 22.6. The molecule has 0 N–H and O–H groups in total. The second kappa shape index (κ2) is 10.2. The Morgan fingerprint density at radius 1 is 0.903 bits per heavy atom. The quantitative estimate of drug-likeness (QED) is 0.318. The third-order valence-electron chi connectivity index (χ3n) is 6.47. The molecule has 0 spiro atoms. The number of hydrogen-bond acceptors (Lipinski definition) is 0. The van der Waals surface area contributed by atoms with Crippen molar-refractivity contribution in [3.05, 3.63) is 104 Å². The summed E-state index contributed by atoms with van der Waals surface area (Å²) in [5.41, 5.74) is 5.34. The summed E-state index contributed by atoms with van der Waals surface area (Å²) in [6.07, 6.45) is 6.89. The van der Waals surface area contributed by atoms with Gasteiger partial charge in [0.25, 0.3) is 0 Å². The number of benzene rings is 2. The molecule has 2 aromatic carbocycles. The van der Waals surface area contributed by atoms with Crippen molar-refractivity contribution >= 4 is 43.5 Å². The molecule has 1 fully saturated rings. The molecule has 0 aromatic heterocycles. The van der Waals surface area contributed by atoms with Crippen molar-refractivity contribution in [1.82, 2.24) is 0 Å². The van der Waals surface area contributed by atoms with Gasteiger partial charge in [0.1, 0.15) is 0 Å². The summed E-state index contributed by atoms with van der Waals surface area (Å²) in [5.74, 6) is 1.22. The van der Waals surface area contributed by atoms with Gasteiger partial charge in [-0.15, -0.1) is 0 Å². The Bertz CT molecular complexity index is 996. The van der Waals surface area contributed by atoms with Crippen molar-refractivity contribution in [1.29, 1.82) is 0 Å². The Morgan fingerprint density at radius 3 is 2.03 bits per heavy atom. The van der Waals surface area contributed by atoms with Crippen LogP contribution in [0, 0.1) is 5.92 Å². The van der Waals surface area contributed by atoms with Crippen LogP contribution in [0.25, 0.3) is 0 Å². The highest BCUT2D eigenvalue weighted by Crippen LogP contribution is 2.50. The molecule has 1 saturated carbocycles. The number of halogens is 3. The SMILES string of the molecule is C=C/C(Cl)=C(\C=C)C1CC(c2ccccc2Br)CC(c2ccc(C(C)(C)C)cc2Br)C1. The van der Waals surface area contributed by atoms with Crippen LogP contribution in [0.3, 0.4) is 0 Å². The molecular formula is C28H31Br2Cl. The molecule has 3 rings (SSSR count). The topological polar surface area (TPSA) is 0 Å². The van der Waals surface area contributed by atoms with Crippen LogP contribution in [0.2, 0.25) is 0 Å². The molecule has 164 valence electrons. The minimum Gasteiger partial charge on any atom is -0.0987 e. The average Bonchev–Trinajstić information content (AvgIpc) is 2.73. The van der Waals surface area contributed by atoms with Crippen LogP contribution in [0.4, 0.5) is 0 Å². The van der Waals surface area contributed by atoms with Crippen molar-refractivity contribution in [3.63, 3.8) is 0 Å². The molecule has 0 heterocycles. The second-order valence-corrected chi connectivity index (χ2v) is 11.6. The molecule has 1 aliphatic rings. The maximum absolute atomic E-state index is 6.56. The van der Waals surface area contributed by atoms with Gasteiger partial charge in [0, 0.05) is 14.0 Å². The predicted octanol–water partition coefficient (Wildman–Crippen LogP) is 10.0. The largest absolute Gasteiger partial charge is 0.0987 e. The van der Waals surface area contributed by atoms with Crippen molar-refractivity contribution in [2.75, 3.05) is 0 Å². The summed E-state index contributed by atoms with van der Waals surface area (Å²) in [6.45, 7) is 14.7. The van der Waals surface area contributed by atoms with E-state index >= 15 is 0 Å². The first-order chi connectivity index (χ1) is 14.7. The third-order valence-corrected chi connectivity index (χ3v) is 8.25. The number of hydrogen-bond donors (Lipinski definition) is 0. The molecule has 0 bridgehead atoms. The molecule has 3 heteroatoms. The predicted molar refractivity (Wildman–Crippen MR) is 143 cm³/mol. The molecule has 2 aromatic rings. The van der Waals surface area contributed by atoms with Gasteiger partial charge in [0.2, 0.25) is 0 Å². The van der Waals surface area contributed by atoms with Crippen LogP contribution in [0.1, 0.15) is 68.6 Å². The minimum atomic E-state index is 0.129. The van der Waals surface area contributed by atoms with Crippen LogP contribution in [-0.2, 0) is 5.41 Å². The van der Waals surface area contributed by atoms with E-state index in [1.807, 2.05) is 6.08 Å². The molecule has 3 atom stereocenters. The lowest BCUT2D eigenvalue weighted by Crippen LogP contribution is -2.23. The van der Waals surface area contributed by atoms with Crippen LogP contribution in [0.5, 0.6) is 0 Å². The summed E-state index contributed by atoms with van der Waals surface area (Å²) in [5, 5.41) is 0.716. The van der Waals surface area contributed by atoms with E-state index in [2.05, 4.69) is 108 Å². The van der Waals surface area contributed by atoms with Crippen molar-refractivity contribution in [2.45, 2.75) is 57.3 Å². The lowest BCUT2D eigenvalue weighted by Gasteiger charge is -2.37. The van der Waals surface area contributed by atoms with E-state index < -0.39 is 0 Å². The first-order valence-electron chi connectivity index (χ1n) is 10.8. The molecule has 0 aliphatic heterocycles. The van der Waals surface area contributed by atoms with E-state index in [0.29, 0.717) is 22.8 Å². The van der Waals surface area contributed by atoms with Gasteiger partial charge in [-0.25, -0.2) is 0 Å². The highest BCUT2D eigenvalue weighted by atomic mass is 79.9. The fourth-order valence-corrected chi connectivity index (χ4v) is 6.33. The van der Waals surface area contributed by atoms with Crippen LogP contribution in [0.15, 0.2) is 87.3 Å². The van der Waals surface area contributed by atoms with E-state index in [0.717, 1.165) is 24.8 Å². The van der Waals surface area contributed by atoms with Crippen molar-refractivity contribution < 1.29 is 0 Å². The van der Waals surface area contributed by atoms with E-state index in [4.69, 9.17) is 11.6 Å². The summed E-state index contributed by atoms with van der Waals surface area (Å²) >= 11 is 14.2. The zero-order valence-electron chi connectivity index (χ0n) is 18.6. The number of allylic oxidation sites excluding steroid dienone is 4. The van der Waals surface area contributed by atoms with E-state index in [1.54, 1.807) is 6.08 Å². The second-order valence-electron chi connectivity index (χ2n) is 9.52. The highest BCUT2D eigenvalue weighted by molar-refractivity contribution is 9.10. The first-order valence-corrected chi connectivity index (χ1v) is 12.8. The molecule has 0 nitrogen and oxygen atoms in total. The Balaban J connectivity index is 2.04. The molecule has 1 aliphatic carbocycles. The van der Waals surface area contributed by atoms with Gasteiger partial charge in [0.05, 0.1) is 0 Å². The average molecular weight is 563 g/mol. The van der Waals surface area contributed by atoms with Crippen molar-refractivity contribution in [2.24, 2.45) is 5.92 Å². The molecule has 3 unspecified atom stereocenters. The highest BCUT2D eigenvalue weighted by Gasteiger charge is 2.34. The first kappa shape index (κ1) is 24.6. The van der Waals surface area contributed by atoms with Gasteiger partial charge < -0.3 is 0 Å². The fourth-order valence-electron chi connectivity index (χ4n) is 4.79. The Morgan fingerprint density at radius 2 is 1.52 bits per heavy atom. The Kier molecular flexibility index (Phi) is 8.10. The molecular weight excluding hydrogens is 532 g/mol. The Labute approximate surface area is 209 Å². The van der Waals surface area contributed by atoms with Crippen LogP contribution < -0.4 is 0 Å². The lowest BCUT2D eigenvalue weighted by atomic mass is 9.68. The maximum Gasteiger partial charge on any atom is 0.0434 e. The van der Waals surface area contributed by atoms with Gasteiger partial charge in [-0.2, -0.15) is 0 Å². The summed E-state index contributed by atoms with van der Waals surface area (Å²) in [6, 6.07) is 15.5. The molecule has 0 radical (unpaired) electrons. The monoisotopic (exact) mass is 560 g/mol. The van der Waals surface area contributed by atoms with Crippen LogP contribution >= 0.6 is 43.5 Å². The fraction of sp³-hybridized carbons (Fsp3) is 0.357. The third kappa shape index (κ3) is 5.64. The molecule has 0 amide bonds. The summed E-state index contributed by atoms with van der Waals surface area (Å²) in [7, 11) is 0. The minimum absolute atomic E-state index is 0.129. The zero-order chi connectivity index (χ0) is 22.8. The van der Waals surface area contributed by atoms with Crippen molar-refractivity contribution in [3.8, 4) is 0 Å². The zero-order valence-corrected chi connectivity index (χ0v) is 22.5. The van der Waals surface area contributed by atoms with Gasteiger partial charge in [-0.3, -0.25) is 0 Å². The Hall–Kier alpha value is -1.09. The van der Waals surface area contributed by atoms with E-state index in [1.165, 1.54) is 25.6 Å². The van der Waals surface area contributed by atoms with Gasteiger partial charge >= 0.3 is 0 Å². The molecule has 31 heavy (non-hydrogen) atoms. The smallest absolute Gasteiger partial charge is 0.0434 e. The van der Waals surface area contributed by atoms with Gasteiger partial charge in [-0.05, 0) is 76.8 Å². The van der Waals surface area contributed by atoms with Crippen LogP contribution in [-0.4, -0.2) is 0 Å². The van der Waals surface area contributed by atoms with E-state index in [9.17, 15) is 0 Å². The number of rotatable bonds is 5. The van der Waals surface area contributed by atoms with E-state index in [-0.39, 0.29) is 5.41 Å². The molecule has 0 saturated heterocycles. The summed E-state index contributed by atoms with van der Waals surface area (Å²) in [4.78, 5) is 0. The maximum atomic E-state index is 6.56. The lowest BCUT2D eigenvalue weighted by molar-refractivity contribution is 0.323. The van der Waals surface area contributed by atoms with Gasteiger partial charge in [-0.1, -0.05) is 120 Å². The standard InChI is InChI=1S/C28H31Br2Cl/c1-6-22(27(31)7-2)18-14-19(23-10-8-9-11-25(23)29)16-20(15-18)24-13-12-21(17-26(24)30)28(3,4)5/h6-13,17-20H,1-2,14-16H2,3-5H3/b27-22-.